The predicted molar refractivity (Wildman–Crippen MR) is 101 cm³/mol. The first kappa shape index (κ1) is 18.3. The molecule has 0 spiro atoms. The second kappa shape index (κ2) is 7.89. The van der Waals surface area contributed by atoms with E-state index in [4.69, 9.17) is 10.5 Å². The number of nitrogens with zero attached hydrogens (tertiary/aromatic N) is 7. The Hall–Kier alpha value is -3.08. The number of rotatable bonds is 7. The number of fused-ring (bicyclic) bond motifs is 1. The number of aromatic nitrogens is 7. The van der Waals surface area contributed by atoms with Crippen molar-refractivity contribution in [1.82, 2.24) is 34.7 Å². The number of nitrogens with one attached hydrogen (secondary N) is 1. The third-order valence-electron chi connectivity index (χ3n) is 4.99. The van der Waals surface area contributed by atoms with Gasteiger partial charge in [0.2, 0.25) is 11.9 Å². The smallest absolute Gasteiger partial charge is 0.225 e. The highest BCUT2D eigenvalue weighted by Crippen LogP contribution is 2.26. The summed E-state index contributed by atoms with van der Waals surface area (Å²) >= 11 is 0. The zero-order valence-electron chi connectivity index (χ0n) is 15.7. The Labute approximate surface area is 161 Å². The zero-order chi connectivity index (χ0) is 19.5. The minimum Gasteiger partial charge on any atom is -0.383 e. The Balaban J connectivity index is 1.54. The largest absolute Gasteiger partial charge is 0.383 e. The summed E-state index contributed by atoms with van der Waals surface area (Å²) in [6, 6.07) is 0.116. The molecule has 11 heteroatoms. The number of carbonyl (C=O) groups excluding carboxylic acids is 1. The first-order chi connectivity index (χ1) is 13.6. The number of amides is 1. The van der Waals surface area contributed by atoms with Crippen molar-refractivity contribution in [3.63, 3.8) is 0 Å². The number of ether oxygens (including phenoxy) is 1. The van der Waals surface area contributed by atoms with Gasteiger partial charge >= 0.3 is 0 Å². The standard InChI is InChI=1S/C17H23N9O2/c1-28-6-5-25-10-13(8-20-25)26-16-14(23-24-26)9-19-17(22-16)21-12-4-2-3-11(7-12)15(18)27/h8-12H,2-7H2,1H3,(H2,18,27)(H,19,21,22)/t11-,12-/m1/s1. The Morgan fingerprint density at radius 1 is 1.39 bits per heavy atom. The van der Waals surface area contributed by atoms with Gasteiger partial charge < -0.3 is 15.8 Å². The summed E-state index contributed by atoms with van der Waals surface area (Å²) < 4.78 is 8.48. The SMILES string of the molecule is COCCn1cc(-n2nnc3cnc(N[C@@H]4CCC[C@@H](C(N)=O)C4)nc32)cn1. The average molecular weight is 385 g/mol. The van der Waals surface area contributed by atoms with Crippen molar-refractivity contribution in [1.29, 1.82) is 0 Å². The molecule has 0 radical (unpaired) electrons. The molecule has 1 aliphatic rings. The lowest BCUT2D eigenvalue weighted by Gasteiger charge is -2.27. The molecule has 28 heavy (non-hydrogen) atoms. The van der Waals surface area contributed by atoms with Crippen LogP contribution < -0.4 is 11.1 Å². The van der Waals surface area contributed by atoms with Crippen LogP contribution in [0.2, 0.25) is 0 Å². The highest BCUT2D eigenvalue weighted by Gasteiger charge is 2.26. The maximum atomic E-state index is 11.5. The second-order valence-corrected chi connectivity index (χ2v) is 6.97. The highest BCUT2D eigenvalue weighted by molar-refractivity contribution is 5.77. The minimum atomic E-state index is -0.240. The van der Waals surface area contributed by atoms with E-state index >= 15 is 0 Å². The van der Waals surface area contributed by atoms with Crippen LogP contribution in [0.15, 0.2) is 18.6 Å². The maximum Gasteiger partial charge on any atom is 0.225 e. The van der Waals surface area contributed by atoms with Crippen molar-refractivity contribution in [3.05, 3.63) is 18.6 Å². The summed E-state index contributed by atoms with van der Waals surface area (Å²) in [7, 11) is 1.65. The molecule has 1 saturated carbocycles. The number of primary amides is 1. The van der Waals surface area contributed by atoms with Crippen LogP contribution in [-0.4, -0.2) is 60.4 Å². The zero-order valence-corrected chi connectivity index (χ0v) is 15.7. The van der Waals surface area contributed by atoms with Gasteiger partial charge in [0.25, 0.3) is 0 Å². The predicted octanol–water partition coefficient (Wildman–Crippen LogP) is 0.509. The summed E-state index contributed by atoms with van der Waals surface area (Å²) in [4.78, 5) is 20.4. The molecule has 1 aliphatic carbocycles. The van der Waals surface area contributed by atoms with Gasteiger partial charge in [0.1, 0.15) is 5.69 Å². The fraction of sp³-hybridized carbons (Fsp3) is 0.529. The molecule has 3 aromatic rings. The van der Waals surface area contributed by atoms with E-state index in [2.05, 4.69) is 30.7 Å². The molecule has 0 aliphatic heterocycles. The lowest BCUT2D eigenvalue weighted by Crippen LogP contribution is -2.34. The van der Waals surface area contributed by atoms with E-state index < -0.39 is 0 Å². The summed E-state index contributed by atoms with van der Waals surface area (Å²) in [6.07, 6.45) is 8.65. The second-order valence-electron chi connectivity index (χ2n) is 6.97. The van der Waals surface area contributed by atoms with Gasteiger partial charge in [-0.25, -0.2) is 4.98 Å². The molecule has 0 aromatic carbocycles. The number of nitrogens with two attached hydrogens (primary N) is 1. The molecule has 0 saturated heterocycles. The molecule has 3 heterocycles. The normalized spacial score (nSPS) is 19.8. The van der Waals surface area contributed by atoms with E-state index in [-0.39, 0.29) is 17.9 Å². The summed E-state index contributed by atoms with van der Waals surface area (Å²) in [5.74, 6) is 0.147. The van der Waals surface area contributed by atoms with Crippen LogP contribution in [0.1, 0.15) is 25.7 Å². The monoisotopic (exact) mass is 385 g/mol. The van der Waals surface area contributed by atoms with Gasteiger partial charge in [-0.05, 0) is 19.3 Å². The van der Waals surface area contributed by atoms with Crippen LogP contribution in [0.25, 0.3) is 16.9 Å². The van der Waals surface area contributed by atoms with E-state index in [1.54, 1.807) is 28.9 Å². The van der Waals surface area contributed by atoms with Gasteiger partial charge in [-0.2, -0.15) is 14.8 Å². The number of methoxy groups -OCH3 is 1. The van der Waals surface area contributed by atoms with Crippen molar-refractivity contribution >= 4 is 23.0 Å². The lowest BCUT2D eigenvalue weighted by molar-refractivity contribution is -0.122. The molecule has 0 bridgehead atoms. The first-order valence-electron chi connectivity index (χ1n) is 9.30. The van der Waals surface area contributed by atoms with Crippen molar-refractivity contribution in [2.24, 2.45) is 11.7 Å². The Bertz CT molecular complexity index is 967. The molecule has 1 fully saturated rings. The number of hydrogen-bond donors (Lipinski definition) is 2. The third kappa shape index (κ3) is 3.79. The topological polar surface area (TPSA) is 139 Å². The van der Waals surface area contributed by atoms with Crippen LogP contribution in [0.5, 0.6) is 0 Å². The van der Waals surface area contributed by atoms with Gasteiger partial charge in [0.05, 0.1) is 31.7 Å². The fourth-order valence-electron chi connectivity index (χ4n) is 3.50. The van der Waals surface area contributed by atoms with Gasteiger partial charge in [-0.1, -0.05) is 11.6 Å². The molecule has 1 amide bonds. The molecule has 4 rings (SSSR count). The van der Waals surface area contributed by atoms with E-state index in [1.807, 2.05) is 6.20 Å². The van der Waals surface area contributed by atoms with E-state index in [0.29, 0.717) is 36.7 Å². The fourth-order valence-corrected chi connectivity index (χ4v) is 3.50. The molecule has 11 nitrogen and oxygen atoms in total. The molecular weight excluding hydrogens is 362 g/mol. The van der Waals surface area contributed by atoms with E-state index in [0.717, 1.165) is 24.9 Å². The molecule has 3 aromatic heterocycles. The number of carbonyl (C=O) groups is 1. The molecule has 2 atom stereocenters. The van der Waals surface area contributed by atoms with Crippen molar-refractivity contribution in [2.45, 2.75) is 38.3 Å². The van der Waals surface area contributed by atoms with Gasteiger partial charge in [-0.15, -0.1) is 5.10 Å². The quantitative estimate of drug-likeness (QED) is 0.600. The van der Waals surface area contributed by atoms with E-state index in [9.17, 15) is 4.79 Å². The molecule has 3 N–H and O–H groups in total. The minimum absolute atomic E-state index is 0.0971. The summed E-state index contributed by atoms with van der Waals surface area (Å²) in [6.45, 7) is 1.22. The van der Waals surface area contributed by atoms with Crippen molar-refractivity contribution in [3.8, 4) is 5.69 Å². The third-order valence-corrected chi connectivity index (χ3v) is 4.99. The van der Waals surface area contributed by atoms with Crippen LogP contribution in [-0.2, 0) is 16.1 Å². The lowest BCUT2D eigenvalue weighted by atomic mass is 9.85. The number of anilines is 1. The van der Waals surface area contributed by atoms with Crippen LogP contribution in [0.3, 0.4) is 0 Å². The first-order valence-corrected chi connectivity index (χ1v) is 9.30. The maximum absolute atomic E-state index is 11.5. The summed E-state index contributed by atoms with van der Waals surface area (Å²) in [5, 5.41) is 15.9. The average Bonchev–Trinajstić information content (AvgIpc) is 3.33. The Kier molecular flexibility index (Phi) is 5.15. The van der Waals surface area contributed by atoms with Crippen LogP contribution in [0.4, 0.5) is 5.95 Å². The number of hydrogen-bond acceptors (Lipinski definition) is 8. The Morgan fingerprint density at radius 2 is 2.29 bits per heavy atom. The van der Waals surface area contributed by atoms with E-state index in [1.165, 1.54) is 0 Å². The van der Waals surface area contributed by atoms with Crippen LogP contribution in [0, 0.1) is 5.92 Å². The molecule has 148 valence electrons. The highest BCUT2D eigenvalue weighted by atomic mass is 16.5. The van der Waals surface area contributed by atoms with Gasteiger partial charge in [-0.3, -0.25) is 9.48 Å². The molecule has 0 unspecified atom stereocenters. The van der Waals surface area contributed by atoms with Gasteiger partial charge in [0, 0.05) is 19.1 Å². The van der Waals surface area contributed by atoms with Crippen molar-refractivity contribution in [2.75, 3.05) is 19.0 Å². The molecular formula is C17H23N9O2. The van der Waals surface area contributed by atoms with Gasteiger partial charge in [0.15, 0.2) is 11.2 Å². The summed E-state index contributed by atoms with van der Waals surface area (Å²) in [5.41, 5.74) is 7.41. The van der Waals surface area contributed by atoms with Crippen molar-refractivity contribution < 1.29 is 9.53 Å². The Morgan fingerprint density at radius 3 is 3.11 bits per heavy atom. The van der Waals surface area contributed by atoms with Crippen LogP contribution >= 0.6 is 0 Å².